The Kier molecular flexibility index (Phi) is 3.23. The van der Waals surface area contributed by atoms with Crippen LogP contribution in [-0.2, 0) is 4.74 Å². The minimum atomic E-state index is -0.809. The van der Waals surface area contributed by atoms with Gasteiger partial charge in [-0.3, -0.25) is 0 Å². The van der Waals surface area contributed by atoms with Gasteiger partial charge in [0.05, 0.1) is 18.3 Å². The second-order valence-corrected chi connectivity index (χ2v) is 5.27. The summed E-state index contributed by atoms with van der Waals surface area (Å²) < 4.78 is 5.46. The van der Waals surface area contributed by atoms with Crippen LogP contribution in [0.5, 0.6) is 0 Å². The van der Waals surface area contributed by atoms with Gasteiger partial charge >= 0.3 is 0 Å². The van der Waals surface area contributed by atoms with Crippen molar-refractivity contribution < 1.29 is 9.84 Å². The van der Waals surface area contributed by atoms with Crippen LogP contribution in [0.3, 0.4) is 0 Å². The third kappa shape index (κ3) is 1.56. The third-order valence-corrected chi connectivity index (χ3v) is 4.56. The summed E-state index contributed by atoms with van der Waals surface area (Å²) in [7, 11) is 0. The summed E-state index contributed by atoms with van der Waals surface area (Å²) in [5, 5.41) is 20.4. The van der Waals surface area contributed by atoms with E-state index in [1.807, 2.05) is 0 Å². The van der Waals surface area contributed by atoms with Crippen molar-refractivity contribution in [3.63, 3.8) is 0 Å². The quantitative estimate of drug-likeness (QED) is 0.781. The third-order valence-electron chi connectivity index (χ3n) is 4.56. The largest absolute Gasteiger partial charge is 0.388 e. The van der Waals surface area contributed by atoms with E-state index in [1.165, 1.54) is 0 Å². The molecule has 1 aliphatic carbocycles. The molecule has 0 aromatic heterocycles. The predicted molar refractivity (Wildman–Crippen MR) is 60.7 cm³/mol. The first-order valence-electron chi connectivity index (χ1n) is 6.40. The smallest absolute Gasteiger partial charge is 0.109 e. The average molecular weight is 223 g/mol. The molecule has 3 atom stereocenters. The molecule has 16 heavy (non-hydrogen) atoms. The zero-order valence-electron chi connectivity index (χ0n) is 10.0. The molecule has 1 saturated heterocycles. The molecule has 1 aliphatic heterocycles. The van der Waals surface area contributed by atoms with Gasteiger partial charge in [-0.25, -0.2) is 0 Å². The van der Waals surface area contributed by atoms with E-state index in [-0.39, 0.29) is 5.92 Å². The molecule has 2 rings (SSSR count). The molecule has 2 aliphatic rings. The Hall–Kier alpha value is -0.590. The number of nitriles is 1. The molecule has 3 nitrogen and oxygen atoms in total. The van der Waals surface area contributed by atoms with Gasteiger partial charge in [0.1, 0.15) is 5.41 Å². The van der Waals surface area contributed by atoms with Crippen molar-refractivity contribution in [1.29, 1.82) is 5.26 Å². The van der Waals surface area contributed by atoms with Crippen LogP contribution in [0.2, 0.25) is 0 Å². The number of hydrogen-bond acceptors (Lipinski definition) is 3. The van der Waals surface area contributed by atoms with Crippen LogP contribution in [-0.4, -0.2) is 23.9 Å². The minimum absolute atomic E-state index is 0.272. The van der Waals surface area contributed by atoms with E-state index in [1.54, 1.807) is 0 Å². The number of hydrogen-bond donors (Lipinski definition) is 1. The van der Waals surface area contributed by atoms with Gasteiger partial charge in [0.15, 0.2) is 0 Å². The maximum atomic E-state index is 10.9. The Bertz CT molecular complexity index is 291. The molecular formula is C13H21NO2. The van der Waals surface area contributed by atoms with Gasteiger partial charge in [-0.2, -0.15) is 5.26 Å². The molecular weight excluding hydrogens is 202 g/mol. The molecule has 2 fully saturated rings. The fourth-order valence-corrected chi connectivity index (χ4v) is 3.55. The van der Waals surface area contributed by atoms with Crippen molar-refractivity contribution in [3.8, 4) is 6.07 Å². The fourth-order valence-electron chi connectivity index (χ4n) is 3.55. The van der Waals surface area contributed by atoms with Crippen LogP contribution in [0.4, 0.5) is 0 Å². The second kappa shape index (κ2) is 4.35. The van der Waals surface area contributed by atoms with Crippen molar-refractivity contribution in [2.45, 2.75) is 51.0 Å². The van der Waals surface area contributed by atoms with Crippen LogP contribution in [0, 0.1) is 22.7 Å². The van der Waals surface area contributed by atoms with Crippen LogP contribution in [0.1, 0.15) is 45.4 Å². The first-order valence-corrected chi connectivity index (χ1v) is 6.40. The highest BCUT2D eigenvalue weighted by molar-refractivity contribution is 5.16. The molecule has 0 aromatic rings. The highest BCUT2D eigenvalue weighted by atomic mass is 16.5. The van der Waals surface area contributed by atoms with E-state index in [0.29, 0.717) is 6.61 Å². The second-order valence-electron chi connectivity index (χ2n) is 5.27. The van der Waals surface area contributed by atoms with E-state index in [9.17, 15) is 10.4 Å². The molecule has 1 saturated carbocycles. The zero-order chi connectivity index (χ0) is 11.6. The summed E-state index contributed by atoms with van der Waals surface area (Å²) in [6, 6.07) is 2.39. The van der Waals surface area contributed by atoms with Gasteiger partial charge in [-0.15, -0.1) is 0 Å². The highest BCUT2D eigenvalue weighted by Gasteiger charge is 2.57. The number of aliphatic hydroxyl groups is 1. The molecule has 1 N–H and O–H groups in total. The van der Waals surface area contributed by atoms with E-state index in [0.717, 1.165) is 45.1 Å². The Morgan fingerprint density at radius 3 is 2.81 bits per heavy atom. The summed E-state index contributed by atoms with van der Waals surface area (Å²) in [5.74, 6) is 0.272. The van der Waals surface area contributed by atoms with E-state index < -0.39 is 11.0 Å². The molecule has 90 valence electrons. The van der Waals surface area contributed by atoms with Gasteiger partial charge in [-0.05, 0) is 31.6 Å². The molecule has 0 amide bonds. The lowest BCUT2D eigenvalue weighted by Crippen LogP contribution is -2.54. The van der Waals surface area contributed by atoms with E-state index >= 15 is 0 Å². The fraction of sp³-hybridized carbons (Fsp3) is 0.923. The summed E-state index contributed by atoms with van der Waals surface area (Å²) >= 11 is 0. The number of ether oxygens (including phenoxy) is 1. The number of rotatable bonds is 2. The Balaban J connectivity index is 2.28. The zero-order valence-corrected chi connectivity index (χ0v) is 10.0. The molecule has 3 heteroatoms. The molecule has 0 bridgehead atoms. The van der Waals surface area contributed by atoms with Gasteiger partial charge < -0.3 is 9.84 Å². The van der Waals surface area contributed by atoms with Crippen molar-refractivity contribution in [3.05, 3.63) is 0 Å². The lowest BCUT2D eigenvalue weighted by molar-refractivity contribution is -0.138. The topological polar surface area (TPSA) is 53.2 Å². The summed E-state index contributed by atoms with van der Waals surface area (Å²) in [4.78, 5) is 0. The first kappa shape index (κ1) is 11.9. The van der Waals surface area contributed by atoms with Crippen molar-refractivity contribution in [1.82, 2.24) is 0 Å². The van der Waals surface area contributed by atoms with Gasteiger partial charge in [0, 0.05) is 6.61 Å². The number of nitrogens with zero attached hydrogens (tertiary/aromatic N) is 1. The Labute approximate surface area is 97.4 Å². The summed E-state index contributed by atoms with van der Waals surface area (Å²) in [6.45, 7) is 3.25. The van der Waals surface area contributed by atoms with Gasteiger partial charge in [0.2, 0.25) is 0 Å². The molecule has 0 aromatic carbocycles. The maximum absolute atomic E-state index is 10.9. The minimum Gasteiger partial charge on any atom is -0.388 e. The molecule has 0 radical (unpaired) electrons. The normalized spacial score (nSPS) is 44.2. The SMILES string of the molecule is CCC1CCCC1(O)C1(C#N)CCCOC1. The van der Waals surface area contributed by atoms with Gasteiger partial charge in [-0.1, -0.05) is 19.8 Å². The Morgan fingerprint density at radius 1 is 1.44 bits per heavy atom. The van der Waals surface area contributed by atoms with Crippen LogP contribution in [0.15, 0.2) is 0 Å². The Morgan fingerprint density at radius 2 is 2.25 bits per heavy atom. The molecule has 1 heterocycles. The highest BCUT2D eigenvalue weighted by Crippen LogP contribution is 2.52. The van der Waals surface area contributed by atoms with Gasteiger partial charge in [0.25, 0.3) is 0 Å². The van der Waals surface area contributed by atoms with Crippen LogP contribution < -0.4 is 0 Å². The molecule has 3 unspecified atom stereocenters. The summed E-state index contributed by atoms with van der Waals surface area (Å²) in [6.07, 6.45) is 5.50. The van der Waals surface area contributed by atoms with Crippen molar-refractivity contribution in [2.24, 2.45) is 11.3 Å². The first-order chi connectivity index (χ1) is 7.68. The monoisotopic (exact) mass is 223 g/mol. The van der Waals surface area contributed by atoms with Crippen molar-refractivity contribution >= 4 is 0 Å². The molecule has 0 spiro atoms. The predicted octanol–water partition coefficient (Wildman–Crippen LogP) is 2.25. The van der Waals surface area contributed by atoms with Crippen molar-refractivity contribution in [2.75, 3.05) is 13.2 Å². The van der Waals surface area contributed by atoms with E-state index in [2.05, 4.69) is 13.0 Å². The lowest BCUT2D eigenvalue weighted by atomic mass is 9.64. The maximum Gasteiger partial charge on any atom is 0.109 e. The lowest BCUT2D eigenvalue weighted by Gasteiger charge is -2.45. The average Bonchev–Trinajstić information content (AvgIpc) is 2.73. The van der Waals surface area contributed by atoms with Crippen LogP contribution >= 0.6 is 0 Å². The summed E-state index contributed by atoms with van der Waals surface area (Å²) in [5.41, 5.74) is -1.46. The van der Waals surface area contributed by atoms with Crippen LogP contribution in [0.25, 0.3) is 0 Å². The van der Waals surface area contributed by atoms with E-state index in [4.69, 9.17) is 4.74 Å². The standard InChI is InChI=1S/C13H21NO2/c1-2-11-5-3-7-13(11,15)12(9-14)6-4-8-16-10-12/h11,15H,2-8,10H2,1H3.